The predicted molar refractivity (Wildman–Crippen MR) is 88.7 cm³/mol. The average molecular weight is 370 g/mol. The lowest BCUT2D eigenvalue weighted by Crippen LogP contribution is -2.47. The molecule has 0 radical (unpaired) electrons. The number of aromatic amines is 1. The molecule has 1 fully saturated rings. The van der Waals surface area contributed by atoms with Crippen LogP contribution in [0.3, 0.4) is 0 Å². The summed E-state index contributed by atoms with van der Waals surface area (Å²) in [5, 5.41) is 16.9. The van der Waals surface area contributed by atoms with Crippen molar-refractivity contribution >= 4 is 16.9 Å². The Morgan fingerprint density at radius 1 is 1.42 bits per heavy atom. The van der Waals surface area contributed by atoms with Gasteiger partial charge < -0.3 is 10.0 Å². The number of nitrogens with one attached hydrogen (secondary N) is 1. The Morgan fingerprint density at radius 2 is 2.15 bits per heavy atom. The van der Waals surface area contributed by atoms with Gasteiger partial charge in [0.15, 0.2) is 11.8 Å². The number of carbonyl (C=O) groups is 1. The van der Waals surface area contributed by atoms with Gasteiger partial charge in [0.1, 0.15) is 0 Å². The maximum absolute atomic E-state index is 13.2. The number of aliphatic hydroxyl groups excluding tert-OH is 1. The van der Waals surface area contributed by atoms with E-state index in [4.69, 9.17) is 0 Å². The quantitative estimate of drug-likeness (QED) is 0.870. The number of hydrogen-bond acceptors (Lipinski definition) is 4. The lowest BCUT2D eigenvalue weighted by molar-refractivity contribution is -0.209. The highest BCUT2D eigenvalue weighted by atomic mass is 19.4. The molecule has 2 aromatic heterocycles. The van der Waals surface area contributed by atoms with Crippen molar-refractivity contribution in [2.24, 2.45) is 0 Å². The highest BCUT2D eigenvalue weighted by Gasteiger charge is 2.41. The first kappa shape index (κ1) is 18.6. The SMILES string of the molecule is Cc1cc(C(=O)N2CCCCC2CC(O)C(F)(F)F)c2c(C)[nH]nc2n1. The first-order valence-corrected chi connectivity index (χ1v) is 8.56. The van der Waals surface area contributed by atoms with E-state index in [2.05, 4.69) is 15.2 Å². The van der Waals surface area contributed by atoms with E-state index in [9.17, 15) is 23.1 Å². The summed E-state index contributed by atoms with van der Waals surface area (Å²) in [6, 6.07) is 0.988. The van der Waals surface area contributed by atoms with E-state index in [0.717, 1.165) is 12.8 Å². The second-order valence-electron chi connectivity index (χ2n) is 6.80. The molecule has 1 amide bonds. The van der Waals surface area contributed by atoms with E-state index in [-0.39, 0.29) is 5.91 Å². The number of aliphatic hydroxyl groups is 1. The number of aryl methyl sites for hydroxylation is 2. The third-order valence-electron chi connectivity index (χ3n) is 4.82. The number of carbonyl (C=O) groups excluding carboxylic acids is 1. The first-order chi connectivity index (χ1) is 12.2. The Balaban J connectivity index is 1.93. The smallest absolute Gasteiger partial charge is 0.384 e. The van der Waals surface area contributed by atoms with Crippen LogP contribution in [0.2, 0.25) is 0 Å². The van der Waals surface area contributed by atoms with Crippen LogP contribution in [-0.2, 0) is 0 Å². The molecular weight excluding hydrogens is 349 g/mol. The van der Waals surface area contributed by atoms with E-state index in [0.29, 0.717) is 41.0 Å². The number of amides is 1. The number of fused-ring (bicyclic) bond motifs is 1. The molecular formula is C17H21F3N4O2. The van der Waals surface area contributed by atoms with E-state index in [1.807, 2.05) is 0 Å². The van der Waals surface area contributed by atoms with Gasteiger partial charge in [-0.05, 0) is 39.2 Å². The number of hydrogen-bond donors (Lipinski definition) is 2. The maximum atomic E-state index is 13.2. The fourth-order valence-electron chi connectivity index (χ4n) is 3.53. The molecule has 1 saturated heterocycles. The summed E-state index contributed by atoms with van der Waals surface area (Å²) in [5.41, 5.74) is 2.08. The Bertz CT molecular complexity index is 818. The molecule has 2 atom stereocenters. The molecule has 3 heterocycles. The van der Waals surface area contributed by atoms with Gasteiger partial charge >= 0.3 is 6.18 Å². The fourth-order valence-corrected chi connectivity index (χ4v) is 3.53. The molecule has 0 spiro atoms. The van der Waals surface area contributed by atoms with E-state index in [1.54, 1.807) is 19.9 Å². The van der Waals surface area contributed by atoms with Crippen LogP contribution in [0.5, 0.6) is 0 Å². The van der Waals surface area contributed by atoms with Gasteiger partial charge in [-0.2, -0.15) is 18.3 Å². The molecule has 1 aliphatic rings. The number of nitrogens with zero attached hydrogens (tertiary/aromatic N) is 3. The molecule has 9 heteroatoms. The minimum Gasteiger partial charge on any atom is -0.384 e. The first-order valence-electron chi connectivity index (χ1n) is 8.56. The maximum Gasteiger partial charge on any atom is 0.414 e. The number of alkyl halides is 3. The zero-order valence-electron chi connectivity index (χ0n) is 14.6. The van der Waals surface area contributed by atoms with Crippen LogP contribution in [0, 0.1) is 13.8 Å². The number of pyridine rings is 1. The summed E-state index contributed by atoms with van der Waals surface area (Å²) in [7, 11) is 0. The molecule has 26 heavy (non-hydrogen) atoms. The van der Waals surface area contributed by atoms with Gasteiger partial charge in [0.25, 0.3) is 5.91 Å². The van der Waals surface area contributed by atoms with Crippen molar-refractivity contribution in [3.05, 3.63) is 23.0 Å². The minimum atomic E-state index is -4.69. The zero-order valence-corrected chi connectivity index (χ0v) is 14.6. The fraction of sp³-hybridized carbons (Fsp3) is 0.588. The second-order valence-corrected chi connectivity index (χ2v) is 6.80. The third kappa shape index (κ3) is 3.53. The van der Waals surface area contributed by atoms with E-state index in [1.165, 1.54) is 4.90 Å². The standard InChI is InChI=1S/C17H21F3N4O2/c1-9-7-12(14-10(2)22-23-15(14)21-9)16(26)24-6-4-3-5-11(24)8-13(25)17(18,19)20/h7,11,13,25H,3-6,8H2,1-2H3,(H,21,22,23). The molecule has 3 rings (SSSR count). The summed E-state index contributed by atoms with van der Waals surface area (Å²) in [5.74, 6) is -0.343. The van der Waals surface area contributed by atoms with Crippen molar-refractivity contribution in [2.45, 2.75) is 57.9 Å². The highest BCUT2D eigenvalue weighted by Crippen LogP contribution is 2.30. The Kier molecular flexibility index (Phi) is 4.92. The molecule has 2 N–H and O–H groups in total. The monoisotopic (exact) mass is 370 g/mol. The molecule has 2 aromatic rings. The number of rotatable bonds is 3. The zero-order chi connectivity index (χ0) is 19.1. The van der Waals surface area contributed by atoms with Crippen LogP contribution in [-0.4, -0.2) is 56.0 Å². The number of H-pyrrole nitrogens is 1. The number of aromatic nitrogens is 3. The van der Waals surface area contributed by atoms with Crippen LogP contribution in [0.4, 0.5) is 13.2 Å². The van der Waals surface area contributed by atoms with Gasteiger partial charge in [-0.1, -0.05) is 0 Å². The van der Waals surface area contributed by atoms with Gasteiger partial charge in [-0.25, -0.2) is 4.98 Å². The van der Waals surface area contributed by atoms with E-state index >= 15 is 0 Å². The Labute approximate surface area is 148 Å². The molecule has 0 aromatic carbocycles. The van der Waals surface area contributed by atoms with Crippen LogP contribution in [0.1, 0.15) is 47.4 Å². The van der Waals surface area contributed by atoms with Crippen LogP contribution >= 0.6 is 0 Å². The molecule has 2 unspecified atom stereocenters. The van der Waals surface area contributed by atoms with Crippen LogP contribution in [0.25, 0.3) is 11.0 Å². The van der Waals surface area contributed by atoms with Gasteiger partial charge in [0, 0.05) is 30.4 Å². The molecule has 1 aliphatic heterocycles. The van der Waals surface area contributed by atoms with Gasteiger partial charge in [-0.3, -0.25) is 9.89 Å². The summed E-state index contributed by atoms with van der Waals surface area (Å²) in [6.45, 7) is 3.87. The van der Waals surface area contributed by atoms with Crippen molar-refractivity contribution in [3.8, 4) is 0 Å². The molecule has 6 nitrogen and oxygen atoms in total. The summed E-state index contributed by atoms with van der Waals surface area (Å²) >= 11 is 0. The summed E-state index contributed by atoms with van der Waals surface area (Å²) in [4.78, 5) is 18.9. The van der Waals surface area contributed by atoms with Crippen molar-refractivity contribution in [3.63, 3.8) is 0 Å². The van der Waals surface area contributed by atoms with Crippen molar-refractivity contribution < 1.29 is 23.1 Å². The topological polar surface area (TPSA) is 82.1 Å². The summed E-state index contributed by atoms with van der Waals surface area (Å²) < 4.78 is 38.3. The molecule has 0 saturated carbocycles. The van der Waals surface area contributed by atoms with Crippen LogP contribution in [0.15, 0.2) is 6.07 Å². The van der Waals surface area contributed by atoms with Crippen molar-refractivity contribution in [1.82, 2.24) is 20.1 Å². The van der Waals surface area contributed by atoms with Gasteiger partial charge in [0.05, 0.1) is 10.9 Å². The molecule has 142 valence electrons. The minimum absolute atomic E-state index is 0.343. The second kappa shape index (κ2) is 6.86. The molecule has 0 bridgehead atoms. The normalized spacial score (nSPS) is 19.8. The summed E-state index contributed by atoms with van der Waals surface area (Å²) in [6.07, 6.45) is -5.73. The lowest BCUT2D eigenvalue weighted by atomic mass is 9.95. The van der Waals surface area contributed by atoms with Gasteiger partial charge in [0.2, 0.25) is 0 Å². The number of piperidine rings is 1. The van der Waals surface area contributed by atoms with Crippen molar-refractivity contribution in [2.75, 3.05) is 6.54 Å². The predicted octanol–water partition coefficient (Wildman–Crippen LogP) is 2.88. The molecule has 0 aliphatic carbocycles. The van der Waals surface area contributed by atoms with Gasteiger partial charge in [-0.15, -0.1) is 0 Å². The van der Waals surface area contributed by atoms with Crippen LogP contribution < -0.4 is 0 Å². The Hall–Kier alpha value is -2.16. The largest absolute Gasteiger partial charge is 0.414 e. The average Bonchev–Trinajstić information content (AvgIpc) is 2.94. The lowest BCUT2D eigenvalue weighted by Gasteiger charge is -2.37. The van der Waals surface area contributed by atoms with Crippen molar-refractivity contribution in [1.29, 1.82) is 0 Å². The highest BCUT2D eigenvalue weighted by molar-refractivity contribution is 6.06. The number of halogens is 3. The number of likely N-dealkylation sites (tertiary alicyclic amines) is 1. The Morgan fingerprint density at radius 3 is 2.85 bits per heavy atom. The van der Waals surface area contributed by atoms with E-state index < -0.39 is 24.7 Å². The third-order valence-corrected chi connectivity index (χ3v) is 4.82.